The first kappa shape index (κ1) is 24.5. The van der Waals surface area contributed by atoms with Crippen LogP contribution in [0.1, 0.15) is 27.5 Å². The number of likely N-dealkylation sites (N-methyl/N-ethyl adjacent to an activating group) is 1. The monoisotopic (exact) mass is 517 g/mol. The number of carbonyl (C=O) groups is 1. The van der Waals surface area contributed by atoms with Crippen LogP contribution in [0.15, 0.2) is 65.1 Å². The van der Waals surface area contributed by atoms with E-state index in [1.54, 1.807) is 30.3 Å². The number of oxazole rings is 1. The number of hydrogen-bond donors (Lipinski definition) is 2. The summed E-state index contributed by atoms with van der Waals surface area (Å²) in [6.07, 6.45) is 0.760. The van der Waals surface area contributed by atoms with Gasteiger partial charge < -0.3 is 14.7 Å². The van der Waals surface area contributed by atoms with Crippen LogP contribution in [0.5, 0.6) is 0 Å². The van der Waals surface area contributed by atoms with Gasteiger partial charge in [0.15, 0.2) is 5.58 Å². The number of fused-ring (bicyclic) bond motifs is 2. The van der Waals surface area contributed by atoms with Gasteiger partial charge in [-0.2, -0.15) is 0 Å². The molecule has 0 unspecified atom stereocenters. The number of carbonyl (C=O) groups excluding carboxylic acids is 1. The van der Waals surface area contributed by atoms with Crippen molar-refractivity contribution in [2.24, 2.45) is 0 Å². The van der Waals surface area contributed by atoms with E-state index >= 15 is 0 Å². The van der Waals surface area contributed by atoms with Gasteiger partial charge >= 0.3 is 0 Å². The van der Waals surface area contributed by atoms with Crippen LogP contribution >= 0.6 is 11.6 Å². The van der Waals surface area contributed by atoms with Crippen molar-refractivity contribution < 1.29 is 14.1 Å². The molecule has 0 radical (unpaired) electrons. The predicted molar refractivity (Wildman–Crippen MR) is 143 cm³/mol. The summed E-state index contributed by atoms with van der Waals surface area (Å²) < 4.78 is 5.75. The highest BCUT2D eigenvalue weighted by molar-refractivity contribution is 6.34. The molecule has 2 heterocycles. The van der Waals surface area contributed by atoms with Crippen LogP contribution < -0.4 is 5.32 Å². The fourth-order valence-corrected chi connectivity index (χ4v) is 4.60. The minimum Gasteiger partial charge on any atom is -0.439 e. The number of amides is 1. The second kappa shape index (κ2) is 10.0. The highest BCUT2D eigenvalue weighted by atomic mass is 35.5. The summed E-state index contributed by atoms with van der Waals surface area (Å²) in [5.41, 5.74) is 5.28. The van der Waals surface area contributed by atoms with Crippen LogP contribution in [0.4, 0.5) is 11.4 Å². The zero-order valence-electron chi connectivity index (χ0n) is 20.2. The number of rotatable bonds is 8. The van der Waals surface area contributed by atoms with Crippen LogP contribution in [-0.2, 0) is 13.0 Å². The van der Waals surface area contributed by atoms with Crippen molar-refractivity contribution in [2.75, 3.05) is 18.9 Å². The molecule has 0 bridgehead atoms. The standard InChI is InChI=1S/C27H24ClN5O4/c1-16-19(11-12-32(2)15-26-31-24-10-8-18(33(35)36)14-25(24)37-26)21-13-17(7-9-23(21)29-16)30-27(34)20-5-3-4-6-22(20)28/h3-10,13-14,29H,11-12,15H2,1-2H3,(H,30,34). The summed E-state index contributed by atoms with van der Waals surface area (Å²) in [6.45, 7) is 3.22. The molecular formula is C27H24ClN5O4. The van der Waals surface area contributed by atoms with E-state index in [1.807, 2.05) is 32.2 Å². The molecule has 5 rings (SSSR count). The Hall–Kier alpha value is -4.21. The summed E-state index contributed by atoms with van der Waals surface area (Å²) in [4.78, 5) is 33.2. The predicted octanol–water partition coefficient (Wildman–Crippen LogP) is 6.11. The van der Waals surface area contributed by atoms with Gasteiger partial charge in [0.25, 0.3) is 11.6 Å². The van der Waals surface area contributed by atoms with Gasteiger partial charge in [-0.1, -0.05) is 23.7 Å². The number of anilines is 1. The van der Waals surface area contributed by atoms with E-state index < -0.39 is 4.92 Å². The Morgan fingerprint density at radius 1 is 1.19 bits per heavy atom. The van der Waals surface area contributed by atoms with Crippen molar-refractivity contribution in [1.82, 2.24) is 14.9 Å². The van der Waals surface area contributed by atoms with Crippen molar-refractivity contribution >= 4 is 50.9 Å². The molecule has 188 valence electrons. The topological polar surface area (TPSA) is 117 Å². The Morgan fingerprint density at radius 3 is 2.78 bits per heavy atom. The fraction of sp³-hybridized carbons (Fsp3) is 0.185. The summed E-state index contributed by atoms with van der Waals surface area (Å²) in [5.74, 6) is 0.236. The van der Waals surface area contributed by atoms with Gasteiger partial charge in [-0.05, 0) is 62.4 Å². The maximum absolute atomic E-state index is 12.7. The maximum atomic E-state index is 12.7. The van der Waals surface area contributed by atoms with E-state index in [1.165, 1.54) is 12.1 Å². The number of nitrogens with one attached hydrogen (secondary N) is 2. The number of benzene rings is 3. The van der Waals surface area contributed by atoms with Gasteiger partial charge in [0.2, 0.25) is 5.89 Å². The molecule has 0 aliphatic heterocycles. The number of aryl methyl sites for hydroxylation is 1. The van der Waals surface area contributed by atoms with Crippen LogP contribution in [0.25, 0.3) is 22.0 Å². The molecule has 5 aromatic rings. The SMILES string of the molecule is Cc1[nH]c2ccc(NC(=O)c3ccccc3Cl)cc2c1CCN(C)Cc1nc2ccc([N+](=O)[O-])cc2o1. The van der Waals surface area contributed by atoms with E-state index in [9.17, 15) is 14.9 Å². The van der Waals surface area contributed by atoms with Crippen LogP contribution in [-0.4, -0.2) is 39.3 Å². The Balaban J connectivity index is 1.29. The molecule has 37 heavy (non-hydrogen) atoms. The molecule has 0 spiro atoms. The van der Waals surface area contributed by atoms with Gasteiger partial charge in [-0.25, -0.2) is 4.98 Å². The lowest BCUT2D eigenvalue weighted by Gasteiger charge is -2.14. The molecule has 2 N–H and O–H groups in total. The molecule has 3 aromatic carbocycles. The molecule has 0 saturated carbocycles. The Bertz CT molecular complexity index is 1640. The summed E-state index contributed by atoms with van der Waals surface area (Å²) in [5, 5.41) is 15.4. The average molecular weight is 518 g/mol. The third kappa shape index (κ3) is 5.18. The summed E-state index contributed by atoms with van der Waals surface area (Å²) in [7, 11) is 1.97. The lowest BCUT2D eigenvalue weighted by molar-refractivity contribution is -0.384. The number of non-ortho nitro benzene ring substituents is 1. The van der Waals surface area contributed by atoms with Gasteiger partial charge in [-0.15, -0.1) is 0 Å². The number of halogens is 1. The van der Waals surface area contributed by atoms with E-state index in [0.717, 1.165) is 35.1 Å². The number of nitrogens with zero attached hydrogens (tertiary/aromatic N) is 3. The molecule has 0 aliphatic carbocycles. The number of hydrogen-bond acceptors (Lipinski definition) is 6. The van der Waals surface area contributed by atoms with Crippen LogP contribution in [0.3, 0.4) is 0 Å². The normalized spacial score (nSPS) is 11.5. The first-order valence-electron chi connectivity index (χ1n) is 11.7. The highest BCUT2D eigenvalue weighted by Gasteiger charge is 2.16. The molecule has 0 aliphatic rings. The smallest absolute Gasteiger partial charge is 0.273 e. The number of aromatic nitrogens is 2. The highest BCUT2D eigenvalue weighted by Crippen LogP contribution is 2.27. The first-order chi connectivity index (χ1) is 17.8. The van der Waals surface area contributed by atoms with Crippen molar-refractivity contribution in [2.45, 2.75) is 19.9 Å². The van der Waals surface area contributed by atoms with E-state index in [-0.39, 0.29) is 11.6 Å². The van der Waals surface area contributed by atoms with Gasteiger partial charge in [0.1, 0.15) is 5.52 Å². The Labute approximate surface area is 217 Å². The van der Waals surface area contributed by atoms with Crippen LogP contribution in [0, 0.1) is 17.0 Å². The molecule has 0 fully saturated rings. The molecule has 2 aromatic heterocycles. The van der Waals surface area contributed by atoms with Crippen molar-refractivity contribution in [3.63, 3.8) is 0 Å². The lowest BCUT2D eigenvalue weighted by Crippen LogP contribution is -2.21. The van der Waals surface area contributed by atoms with E-state index in [2.05, 4.69) is 20.2 Å². The molecular weight excluding hydrogens is 494 g/mol. The second-order valence-electron chi connectivity index (χ2n) is 8.93. The largest absolute Gasteiger partial charge is 0.439 e. The van der Waals surface area contributed by atoms with E-state index in [4.69, 9.17) is 16.0 Å². The van der Waals surface area contributed by atoms with Crippen molar-refractivity contribution in [1.29, 1.82) is 0 Å². The minimum absolute atomic E-state index is 0.0270. The zero-order chi connectivity index (χ0) is 26.1. The zero-order valence-corrected chi connectivity index (χ0v) is 21.0. The van der Waals surface area contributed by atoms with Gasteiger partial charge in [0.05, 0.1) is 28.1 Å². The average Bonchev–Trinajstić information content (AvgIpc) is 3.41. The number of nitro benzene ring substituents is 1. The van der Waals surface area contributed by atoms with Gasteiger partial charge in [-0.3, -0.25) is 19.8 Å². The minimum atomic E-state index is -0.453. The lowest BCUT2D eigenvalue weighted by atomic mass is 10.1. The molecule has 1 amide bonds. The Morgan fingerprint density at radius 2 is 2.00 bits per heavy atom. The number of nitro groups is 1. The number of aromatic amines is 1. The summed E-state index contributed by atoms with van der Waals surface area (Å²) >= 11 is 6.17. The molecule has 9 nitrogen and oxygen atoms in total. The molecule has 10 heteroatoms. The van der Waals surface area contributed by atoms with E-state index in [0.29, 0.717) is 39.8 Å². The number of H-pyrrole nitrogens is 1. The Kier molecular flexibility index (Phi) is 6.64. The fourth-order valence-electron chi connectivity index (χ4n) is 4.38. The van der Waals surface area contributed by atoms with Gasteiger partial charge in [0, 0.05) is 34.9 Å². The van der Waals surface area contributed by atoms with Crippen LogP contribution in [0.2, 0.25) is 5.02 Å². The molecule has 0 atom stereocenters. The van der Waals surface area contributed by atoms with Crippen molar-refractivity contribution in [3.05, 3.63) is 98.5 Å². The second-order valence-corrected chi connectivity index (χ2v) is 9.33. The maximum Gasteiger partial charge on any atom is 0.273 e. The quantitative estimate of drug-likeness (QED) is 0.189. The first-order valence-corrected chi connectivity index (χ1v) is 12.1. The summed E-state index contributed by atoms with van der Waals surface area (Å²) in [6, 6.07) is 17.1. The third-order valence-corrected chi connectivity index (χ3v) is 6.60. The third-order valence-electron chi connectivity index (χ3n) is 6.27. The van der Waals surface area contributed by atoms with Crippen molar-refractivity contribution in [3.8, 4) is 0 Å². The molecule has 0 saturated heterocycles.